The summed E-state index contributed by atoms with van der Waals surface area (Å²) in [5.41, 5.74) is 5.39. The lowest BCUT2D eigenvalue weighted by molar-refractivity contribution is -0.142. The number of nitrogens with two attached hydrogens (primary N) is 1. The number of piperidine rings is 2. The second-order valence-corrected chi connectivity index (χ2v) is 12.7. The van der Waals surface area contributed by atoms with Gasteiger partial charge in [-0.15, -0.1) is 0 Å². The predicted octanol–water partition coefficient (Wildman–Crippen LogP) is 4.44. The SMILES string of the molecule is CC1(NC(=O)OC(C)(C)C)CCN(c2cnc(Sc3ccnc(N4CCC(C(=O)O)CC4)c3Cl)c(N)n2)CC1. The number of amides is 1. The lowest BCUT2D eigenvalue weighted by atomic mass is 9.90. The summed E-state index contributed by atoms with van der Waals surface area (Å²) in [7, 11) is 0. The van der Waals surface area contributed by atoms with E-state index in [0.29, 0.717) is 66.5 Å². The van der Waals surface area contributed by atoms with Gasteiger partial charge in [-0.25, -0.2) is 19.7 Å². The summed E-state index contributed by atoms with van der Waals surface area (Å²) in [5.74, 6) is 0.519. The molecule has 0 radical (unpaired) electrons. The van der Waals surface area contributed by atoms with Gasteiger partial charge in [-0.1, -0.05) is 23.4 Å². The molecule has 0 aromatic carbocycles. The number of aromatic nitrogens is 3. The second-order valence-electron chi connectivity index (χ2n) is 11.2. The molecule has 0 spiro atoms. The molecule has 13 heteroatoms. The fourth-order valence-corrected chi connectivity index (χ4v) is 5.80. The van der Waals surface area contributed by atoms with Crippen molar-refractivity contribution in [2.24, 2.45) is 5.92 Å². The van der Waals surface area contributed by atoms with Gasteiger partial charge in [0.25, 0.3) is 0 Å². The van der Waals surface area contributed by atoms with Crippen molar-refractivity contribution in [3.63, 3.8) is 0 Å². The number of carbonyl (C=O) groups is 2. The molecule has 0 aliphatic carbocycles. The third-order valence-electron chi connectivity index (χ3n) is 6.93. The molecule has 1 amide bonds. The van der Waals surface area contributed by atoms with Gasteiger partial charge in [0.05, 0.1) is 17.1 Å². The van der Waals surface area contributed by atoms with Gasteiger partial charge in [0, 0.05) is 42.8 Å². The van der Waals surface area contributed by atoms with Crippen LogP contribution in [0.25, 0.3) is 0 Å². The van der Waals surface area contributed by atoms with Crippen LogP contribution in [0.4, 0.5) is 22.2 Å². The molecule has 2 aromatic heterocycles. The summed E-state index contributed by atoms with van der Waals surface area (Å²) in [6.07, 6.45) is 5.53. The van der Waals surface area contributed by atoms with Gasteiger partial charge >= 0.3 is 12.1 Å². The van der Waals surface area contributed by atoms with E-state index < -0.39 is 17.7 Å². The Morgan fingerprint density at radius 2 is 1.85 bits per heavy atom. The molecule has 2 aliphatic rings. The van der Waals surface area contributed by atoms with Crippen molar-refractivity contribution in [1.29, 1.82) is 0 Å². The van der Waals surface area contributed by atoms with E-state index in [2.05, 4.69) is 25.2 Å². The first-order valence-electron chi connectivity index (χ1n) is 13.0. The third-order valence-corrected chi connectivity index (χ3v) is 8.48. The molecule has 0 bridgehead atoms. The normalized spacial score (nSPS) is 18.1. The lowest BCUT2D eigenvalue weighted by Gasteiger charge is -2.40. The Labute approximate surface area is 237 Å². The number of alkyl carbamates (subject to hydrolysis) is 1. The fourth-order valence-electron chi connectivity index (χ4n) is 4.68. The molecule has 4 N–H and O–H groups in total. The molecule has 11 nitrogen and oxygen atoms in total. The second kappa shape index (κ2) is 11.6. The summed E-state index contributed by atoms with van der Waals surface area (Å²) in [6, 6.07) is 1.80. The van der Waals surface area contributed by atoms with E-state index in [1.165, 1.54) is 11.8 Å². The average Bonchev–Trinajstić information content (AvgIpc) is 2.85. The first kappa shape index (κ1) is 29.0. The molecular weight excluding hydrogens is 542 g/mol. The van der Waals surface area contributed by atoms with Gasteiger partial charge in [-0.05, 0) is 59.4 Å². The van der Waals surface area contributed by atoms with Gasteiger partial charge in [0.15, 0.2) is 5.82 Å². The topological polar surface area (TPSA) is 147 Å². The molecule has 0 unspecified atom stereocenters. The number of hydrogen-bond acceptors (Lipinski definition) is 10. The summed E-state index contributed by atoms with van der Waals surface area (Å²) >= 11 is 8.04. The van der Waals surface area contributed by atoms with Crippen LogP contribution in [-0.2, 0) is 9.53 Å². The number of hydrogen-bond donors (Lipinski definition) is 3. The highest BCUT2D eigenvalue weighted by Crippen LogP contribution is 2.39. The number of nitrogens with one attached hydrogen (secondary N) is 1. The number of anilines is 3. The van der Waals surface area contributed by atoms with Gasteiger partial charge in [-0.3, -0.25) is 4.79 Å². The van der Waals surface area contributed by atoms with Crippen LogP contribution in [-0.4, -0.2) is 69.4 Å². The van der Waals surface area contributed by atoms with Crippen molar-refractivity contribution in [2.45, 2.75) is 74.4 Å². The van der Waals surface area contributed by atoms with Crippen LogP contribution in [0.3, 0.4) is 0 Å². The first-order valence-corrected chi connectivity index (χ1v) is 14.2. The highest BCUT2D eigenvalue weighted by Gasteiger charge is 2.34. The predicted molar refractivity (Wildman–Crippen MR) is 152 cm³/mol. The minimum absolute atomic E-state index is 0.300. The van der Waals surface area contributed by atoms with Crippen LogP contribution in [0.1, 0.15) is 53.4 Å². The molecule has 0 atom stereocenters. The van der Waals surface area contributed by atoms with Crippen LogP contribution in [0.2, 0.25) is 5.02 Å². The van der Waals surface area contributed by atoms with Gasteiger partial charge in [0.2, 0.25) is 0 Å². The van der Waals surface area contributed by atoms with Crippen molar-refractivity contribution in [3.05, 3.63) is 23.5 Å². The Morgan fingerprint density at radius 1 is 1.18 bits per heavy atom. The van der Waals surface area contributed by atoms with Crippen molar-refractivity contribution in [2.75, 3.05) is 41.7 Å². The number of nitrogens with zero attached hydrogens (tertiary/aromatic N) is 5. The van der Waals surface area contributed by atoms with Crippen LogP contribution in [0.15, 0.2) is 28.4 Å². The van der Waals surface area contributed by atoms with Gasteiger partial charge in [-0.2, -0.15) is 0 Å². The first-order chi connectivity index (χ1) is 18.3. The molecular formula is C26H36ClN7O4S. The number of carboxylic acid groups (broad SMARTS) is 1. The number of pyridine rings is 1. The Balaban J connectivity index is 1.38. The Kier molecular flexibility index (Phi) is 8.65. The number of carbonyl (C=O) groups excluding carboxylic acids is 1. The quantitative estimate of drug-likeness (QED) is 0.447. The van der Waals surface area contributed by atoms with Crippen LogP contribution in [0, 0.1) is 5.92 Å². The largest absolute Gasteiger partial charge is 0.481 e. The van der Waals surface area contributed by atoms with Gasteiger partial charge < -0.3 is 30.7 Å². The summed E-state index contributed by atoms with van der Waals surface area (Å²) in [5, 5.41) is 13.3. The summed E-state index contributed by atoms with van der Waals surface area (Å²) in [6.45, 7) is 10.1. The lowest BCUT2D eigenvalue weighted by Crippen LogP contribution is -2.54. The summed E-state index contributed by atoms with van der Waals surface area (Å²) in [4.78, 5) is 42.0. The Morgan fingerprint density at radius 3 is 2.44 bits per heavy atom. The number of aliphatic carboxylic acids is 1. The zero-order valence-electron chi connectivity index (χ0n) is 22.7. The highest BCUT2D eigenvalue weighted by molar-refractivity contribution is 7.99. The molecule has 39 heavy (non-hydrogen) atoms. The van der Waals surface area contributed by atoms with E-state index in [0.717, 1.165) is 17.7 Å². The minimum Gasteiger partial charge on any atom is -0.481 e. The van der Waals surface area contributed by atoms with Crippen molar-refractivity contribution < 1.29 is 19.4 Å². The molecule has 2 aliphatic heterocycles. The number of halogens is 1. The van der Waals surface area contributed by atoms with E-state index in [9.17, 15) is 14.7 Å². The van der Waals surface area contributed by atoms with E-state index in [-0.39, 0.29) is 11.5 Å². The zero-order valence-corrected chi connectivity index (χ0v) is 24.3. The van der Waals surface area contributed by atoms with Crippen molar-refractivity contribution in [3.8, 4) is 0 Å². The van der Waals surface area contributed by atoms with E-state index in [4.69, 9.17) is 22.1 Å². The maximum atomic E-state index is 12.3. The fraction of sp³-hybridized carbons (Fsp3) is 0.577. The maximum Gasteiger partial charge on any atom is 0.408 e. The monoisotopic (exact) mass is 577 g/mol. The van der Waals surface area contributed by atoms with Crippen LogP contribution < -0.4 is 20.9 Å². The maximum absolute atomic E-state index is 12.3. The smallest absolute Gasteiger partial charge is 0.408 e. The third kappa shape index (κ3) is 7.36. The average molecular weight is 578 g/mol. The van der Waals surface area contributed by atoms with Crippen molar-refractivity contribution >= 4 is 52.9 Å². The Bertz CT molecular complexity index is 1210. The number of nitrogen functional groups attached to an aromatic ring is 1. The molecule has 2 saturated heterocycles. The highest BCUT2D eigenvalue weighted by atomic mass is 35.5. The molecule has 0 saturated carbocycles. The number of rotatable bonds is 6. The van der Waals surface area contributed by atoms with E-state index >= 15 is 0 Å². The Hall–Kier alpha value is -2.99. The molecule has 2 aromatic rings. The molecule has 2 fully saturated rings. The number of carboxylic acids is 1. The molecule has 212 valence electrons. The minimum atomic E-state index is -0.758. The van der Waals surface area contributed by atoms with Crippen LogP contribution >= 0.6 is 23.4 Å². The zero-order chi connectivity index (χ0) is 28.4. The molecule has 4 rings (SSSR count). The number of ether oxygens (including phenoxy) is 1. The van der Waals surface area contributed by atoms with Gasteiger partial charge in [0.1, 0.15) is 22.3 Å². The molecule has 4 heterocycles. The summed E-state index contributed by atoms with van der Waals surface area (Å²) < 4.78 is 5.42. The van der Waals surface area contributed by atoms with Crippen LogP contribution in [0.5, 0.6) is 0 Å². The van der Waals surface area contributed by atoms with E-state index in [1.807, 2.05) is 32.6 Å². The standard InChI is InChI=1S/C26H36ClN7O4S/c1-25(2,3)38-24(37)32-26(4)8-13-33(14-9-26)18-15-30-22(20(28)31-18)39-17-5-10-29-21(19(17)27)34-11-6-16(7-12-34)23(35)36/h5,10,15-16H,6-9,11-14H2,1-4H3,(H2,28,31)(H,32,37)(H,35,36). The van der Waals surface area contributed by atoms with Crippen molar-refractivity contribution in [1.82, 2.24) is 20.3 Å². The van der Waals surface area contributed by atoms with E-state index in [1.54, 1.807) is 18.5 Å².